The number of amides is 7. The van der Waals surface area contributed by atoms with Crippen molar-refractivity contribution < 1.29 is 33.6 Å². The Balaban J connectivity index is 1.15. The second-order valence-corrected chi connectivity index (χ2v) is 23.9. The molecule has 9 atom stereocenters. The second kappa shape index (κ2) is 25.0. The van der Waals surface area contributed by atoms with E-state index >= 15 is 4.79 Å². The van der Waals surface area contributed by atoms with Crippen molar-refractivity contribution >= 4 is 53.0 Å². The Morgan fingerprint density at radius 3 is 1.81 bits per heavy atom. The number of nitrogens with zero attached hydrogens (tertiary/aromatic N) is 3. The predicted molar refractivity (Wildman–Crippen MR) is 303 cm³/mol. The summed E-state index contributed by atoms with van der Waals surface area (Å²) in [4.78, 5) is 105. The van der Waals surface area contributed by atoms with Crippen LogP contribution in [0.25, 0.3) is 0 Å². The summed E-state index contributed by atoms with van der Waals surface area (Å²) in [7, 11) is 3.34. The van der Waals surface area contributed by atoms with Crippen LogP contribution in [0.15, 0.2) is 97.1 Å². The zero-order valence-electron chi connectivity index (χ0n) is 47.2. The van der Waals surface area contributed by atoms with Crippen LogP contribution in [-0.2, 0) is 54.7 Å². The summed E-state index contributed by atoms with van der Waals surface area (Å²) in [6.45, 7) is 16.9. The number of aryl methyl sites for hydroxylation is 1. The maximum absolute atomic E-state index is 15.5. The van der Waals surface area contributed by atoms with E-state index in [1.165, 1.54) is 10.5 Å². The van der Waals surface area contributed by atoms with E-state index in [0.717, 1.165) is 36.0 Å². The Labute approximate surface area is 465 Å². The van der Waals surface area contributed by atoms with E-state index in [4.69, 9.17) is 11.6 Å². The van der Waals surface area contributed by atoms with Crippen molar-refractivity contribution in [2.75, 3.05) is 20.6 Å². The number of carbonyl (C=O) groups is 7. The quantitative estimate of drug-likeness (QED) is 0.0678. The number of fused-ring (bicyclic) bond motifs is 2. The van der Waals surface area contributed by atoms with E-state index in [9.17, 15) is 28.8 Å². The standard InChI is InChI=1S/C61H80ClN9O7/c1-36(63-10)53(72)67-51(60(4,5)6)58(77)70-34-43-21-13-12-20-42(43)31-50(70)57(76)69(38(3)45-23-16-17-25-47(45)62)33-39-27-29-41(30-28-39)55(74)65-44-32-49(56(75)66-48-26-18-22-40-19-14-15-24-46(40)48)71(35-44)59(78)52(61(7,8)9)68-54(73)37(2)64-11/h12-17,19-21,23-25,27-30,36-38,44,48-52,63-64H,18,22,26,31-35H2,1-11H3,(H,65,74)(H,66,75)(H,67,72)(H,68,73)/t36-,37-,38+,44-,48+,49-,50-,51?,52+/m0/s1. The lowest BCUT2D eigenvalue weighted by Gasteiger charge is -2.43. The zero-order valence-corrected chi connectivity index (χ0v) is 47.9. The van der Waals surface area contributed by atoms with Crippen LogP contribution in [0.4, 0.5) is 0 Å². The van der Waals surface area contributed by atoms with Crippen LogP contribution < -0.4 is 31.9 Å². The lowest BCUT2D eigenvalue weighted by Crippen LogP contribution is -2.62. The minimum Gasteiger partial charge on any atom is -0.347 e. The maximum Gasteiger partial charge on any atom is 0.251 e. The number of carbonyl (C=O) groups excluding carboxylic acids is 7. The molecule has 1 fully saturated rings. The third-order valence-corrected chi connectivity index (χ3v) is 16.2. The van der Waals surface area contributed by atoms with E-state index in [0.29, 0.717) is 21.7 Å². The average molecular weight is 1090 g/mol. The summed E-state index contributed by atoms with van der Waals surface area (Å²) in [5, 5.41) is 18.6. The number of benzene rings is 4. The molecule has 7 amide bonds. The fourth-order valence-electron chi connectivity index (χ4n) is 10.8. The van der Waals surface area contributed by atoms with Crippen LogP contribution in [0, 0.1) is 10.8 Å². The molecular formula is C61H80ClN9O7. The molecule has 4 aromatic rings. The van der Waals surface area contributed by atoms with Gasteiger partial charge in [0.15, 0.2) is 0 Å². The third-order valence-electron chi connectivity index (χ3n) is 15.9. The monoisotopic (exact) mass is 1090 g/mol. The van der Waals surface area contributed by atoms with Gasteiger partial charge in [0.2, 0.25) is 35.4 Å². The largest absolute Gasteiger partial charge is 0.347 e. The van der Waals surface area contributed by atoms with Gasteiger partial charge in [-0.15, -0.1) is 0 Å². The zero-order chi connectivity index (χ0) is 56.8. The van der Waals surface area contributed by atoms with Gasteiger partial charge in [-0.25, -0.2) is 0 Å². The number of hydrogen-bond acceptors (Lipinski definition) is 9. The molecule has 0 bridgehead atoms. The van der Waals surface area contributed by atoms with Gasteiger partial charge in [0, 0.05) is 42.7 Å². The highest BCUT2D eigenvalue weighted by Gasteiger charge is 2.47. The second-order valence-electron chi connectivity index (χ2n) is 23.5. The van der Waals surface area contributed by atoms with Crippen LogP contribution in [0.5, 0.6) is 0 Å². The summed E-state index contributed by atoms with van der Waals surface area (Å²) in [5.74, 6) is -2.54. The molecule has 1 aliphatic carbocycles. The molecule has 2 heterocycles. The lowest BCUT2D eigenvalue weighted by molar-refractivity contribution is -0.152. The summed E-state index contributed by atoms with van der Waals surface area (Å²) < 4.78 is 0. The molecular weight excluding hydrogens is 1010 g/mol. The molecule has 1 unspecified atom stereocenters. The smallest absolute Gasteiger partial charge is 0.251 e. The van der Waals surface area contributed by atoms with Gasteiger partial charge in [-0.05, 0) is 123 Å². The topological polar surface area (TPSA) is 201 Å². The van der Waals surface area contributed by atoms with E-state index in [1.54, 1.807) is 68.1 Å². The molecule has 1 saturated heterocycles. The number of rotatable bonds is 17. The highest BCUT2D eigenvalue weighted by Crippen LogP contribution is 2.35. The summed E-state index contributed by atoms with van der Waals surface area (Å²) in [5.41, 5.74) is 4.38. The van der Waals surface area contributed by atoms with E-state index in [-0.39, 0.29) is 68.1 Å². The highest BCUT2D eigenvalue weighted by atomic mass is 35.5. The van der Waals surface area contributed by atoms with Gasteiger partial charge in [0.05, 0.1) is 24.2 Å². The van der Waals surface area contributed by atoms with Crippen LogP contribution in [-0.4, -0.2) is 119 Å². The van der Waals surface area contributed by atoms with Gasteiger partial charge in [0.1, 0.15) is 24.2 Å². The molecule has 17 heteroatoms. The molecule has 3 aliphatic rings. The Kier molecular flexibility index (Phi) is 18.9. The lowest BCUT2D eigenvalue weighted by atomic mass is 9.84. The van der Waals surface area contributed by atoms with Crippen LogP contribution in [0.2, 0.25) is 5.02 Å². The molecule has 6 N–H and O–H groups in total. The van der Waals surface area contributed by atoms with E-state index in [2.05, 4.69) is 38.0 Å². The SMILES string of the molecule is CN[C@@H](C)C(=O)NC(C(=O)N1Cc2ccccc2C[C@H]1C(=O)N(Cc1ccc(C(=O)N[C@H]2C[C@@H](C(=O)N[C@@H]3CCCc4ccccc43)N(C(=O)[C@@H](NC(=O)[C@H](C)NC)C(C)(C)C)C2)cc1)[C@H](C)c1ccccc1Cl)C(C)(C)C. The number of nitrogens with one attached hydrogen (secondary N) is 6. The number of halogens is 1. The molecule has 0 radical (unpaired) electrons. The molecule has 0 aromatic heterocycles. The normalized spacial score (nSPS) is 20.2. The van der Waals surface area contributed by atoms with E-state index in [1.807, 2.05) is 109 Å². The van der Waals surface area contributed by atoms with Gasteiger partial charge < -0.3 is 46.6 Å². The van der Waals surface area contributed by atoms with Crippen molar-refractivity contribution in [1.29, 1.82) is 0 Å². The minimum atomic E-state index is -0.974. The summed E-state index contributed by atoms with van der Waals surface area (Å²) >= 11 is 6.84. The summed E-state index contributed by atoms with van der Waals surface area (Å²) in [6, 6.07) is 23.7. The third kappa shape index (κ3) is 13.6. The van der Waals surface area contributed by atoms with Crippen molar-refractivity contribution in [2.45, 2.75) is 162 Å². The average Bonchev–Trinajstić information content (AvgIpc) is 3.91. The molecule has 16 nitrogen and oxygen atoms in total. The molecule has 78 heavy (non-hydrogen) atoms. The van der Waals surface area contributed by atoms with Gasteiger partial charge in [0.25, 0.3) is 5.91 Å². The molecule has 4 aromatic carbocycles. The first-order valence-corrected chi connectivity index (χ1v) is 27.7. The molecule has 0 spiro atoms. The number of hydrogen-bond donors (Lipinski definition) is 6. The molecule has 2 aliphatic heterocycles. The van der Waals surface area contributed by atoms with Crippen molar-refractivity contribution in [2.24, 2.45) is 10.8 Å². The number of likely N-dealkylation sites (N-methyl/N-ethyl adjacent to an activating group) is 2. The van der Waals surface area contributed by atoms with Gasteiger partial charge in [-0.2, -0.15) is 0 Å². The molecule has 418 valence electrons. The van der Waals surface area contributed by atoms with Crippen molar-refractivity contribution in [3.05, 3.63) is 141 Å². The Bertz CT molecular complexity index is 2850. The van der Waals surface area contributed by atoms with Crippen molar-refractivity contribution in [3.63, 3.8) is 0 Å². The minimum absolute atomic E-state index is 0.0339. The van der Waals surface area contributed by atoms with E-state index < -0.39 is 71.0 Å². The fourth-order valence-corrected chi connectivity index (χ4v) is 11.1. The fraction of sp³-hybridized carbons (Fsp3) is 0.492. The molecule has 7 rings (SSSR count). The van der Waals surface area contributed by atoms with Gasteiger partial charge in [-0.1, -0.05) is 132 Å². The Morgan fingerprint density at radius 1 is 0.667 bits per heavy atom. The first-order valence-electron chi connectivity index (χ1n) is 27.4. The summed E-state index contributed by atoms with van der Waals surface area (Å²) in [6.07, 6.45) is 2.95. The van der Waals surface area contributed by atoms with Crippen LogP contribution in [0.3, 0.4) is 0 Å². The molecule has 0 saturated carbocycles. The maximum atomic E-state index is 15.5. The van der Waals surface area contributed by atoms with Gasteiger partial charge in [-0.3, -0.25) is 33.6 Å². The van der Waals surface area contributed by atoms with Gasteiger partial charge >= 0.3 is 0 Å². The van der Waals surface area contributed by atoms with Crippen LogP contribution in [0.1, 0.15) is 137 Å². The van der Waals surface area contributed by atoms with Crippen molar-refractivity contribution in [1.82, 2.24) is 46.6 Å². The van der Waals surface area contributed by atoms with Crippen molar-refractivity contribution in [3.8, 4) is 0 Å². The Morgan fingerprint density at radius 2 is 1.22 bits per heavy atom. The number of likely N-dealkylation sites (tertiary alicyclic amines) is 1. The highest BCUT2D eigenvalue weighted by molar-refractivity contribution is 6.31. The first-order chi connectivity index (χ1) is 36.9. The predicted octanol–water partition coefficient (Wildman–Crippen LogP) is 6.55. The van der Waals surface area contributed by atoms with Crippen LogP contribution >= 0.6 is 11.6 Å². The Hall–Kier alpha value is -6.62. The first kappa shape index (κ1) is 59.0.